The fraction of sp³-hybridized carbons (Fsp3) is 0.412. The smallest absolute Gasteiger partial charge is 0.243 e. The first kappa shape index (κ1) is 32.7. The summed E-state index contributed by atoms with van der Waals surface area (Å²) in [5.41, 5.74) is 3.48. The Balaban J connectivity index is 1.58. The molecule has 9 heteroatoms. The number of amides is 2. The lowest BCUT2D eigenvalue weighted by atomic mass is 9.94. The van der Waals surface area contributed by atoms with Crippen LogP contribution in [0.1, 0.15) is 61.6 Å². The van der Waals surface area contributed by atoms with Gasteiger partial charge in [-0.25, -0.2) is 8.42 Å². The molecule has 2 amide bonds. The number of rotatable bonds is 13. The molecule has 1 saturated carbocycles. The zero-order chi connectivity index (χ0) is 30.8. The maximum atomic E-state index is 14.0. The zero-order valence-electron chi connectivity index (χ0n) is 25.0. The molecule has 0 aromatic heterocycles. The number of nitrogens with zero attached hydrogens (tertiary/aromatic N) is 2. The predicted molar refractivity (Wildman–Crippen MR) is 176 cm³/mol. The monoisotopic (exact) mass is 667 g/mol. The first-order valence-corrected chi connectivity index (χ1v) is 17.7. The molecule has 1 N–H and O–H groups in total. The molecule has 1 fully saturated rings. The first-order chi connectivity index (χ1) is 20.6. The van der Waals surface area contributed by atoms with E-state index < -0.39 is 16.1 Å². The summed E-state index contributed by atoms with van der Waals surface area (Å²) in [6.45, 7) is 2.38. The van der Waals surface area contributed by atoms with Gasteiger partial charge in [0.15, 0.2) is 0 Å². The van der Waals surface area contributed by atoms with Crippen LogP contribution >= 0.6 is 15.9 Å². The van der Waals surface area contributed by atoms with Crippen LogP contribution in [0.15, 0.2) is 83.3 Å². The van der Waals surface area contributed by atoms with Gasteiger partial charge in [-0.2, -0.15) is 0 Å². The van der Waals surface area contributed by atoms with Crippen LogP contribution in [0.3, 0.4) is 0 Å². The summed E-state index contributed by atoms with van der Waals surface area (Å²) in [5, 5.41) is 3.26. The van der Waals surface area contributed by atoms with Crippen LogP contribution in [0.5, 0.6) is 0 Å². The van der Waals surface area contributed by atoms with Crippen LogP contribution in [0, 0.1) is 6.92 Å². The highest BCUT2D eigenvalue weighted by molar-refractivity contribution is 9.10. The molecule has 0 aliphatic heterocycles. The van der Waals surface area contributed by atoms with E-state index in [2.05, 4.69) is 21.2 Å². The Morgan fingerprint density at radius 1 is 0.930 bits per heavy atom. The van der Waals surface area contributed by atoms with Gasteiger partial charge in [0.2, 0.25) is 21.8 Å². The van der Waals surface area contributed by atoms with Gasteiger partial charge in [0.05, 0.1) is 11.9 Å². The second kappa shape index (κ2) is 15.5. The molecular formula is C34H42BrN3O4S. The third kappa shape index (κ3) is 9.93. The van der Waals surface area contributed by atoms with Gasteiger partial charge in [0.1, 0.15) is 6.04 Å². The number of hydrogen-bond donors (Lipinski definition) is 1. The summed E-state index contributed by atoms with van der Waals surface area (Å²) in [5.74, 6) is -0.325. The average molecular weight is 669 g/mol. The number of benzene rings is 3. The van der Waals surface area contributed by atoms with E-state index in [4.69, 9.17) is 0 Å². The fourth-order valence-corrected chi connectivity index (χ4v) is 7.06. The van der Waals surface area contributed by atoms with Crippen molar-refractivity contribution < 1.29 is 18.0 Å². The molecule has 0 saturated heterocycles. The normalized spacial score (nSPS) is 14.6. The Bertz CT molecular complexity index is 1460. The maximum absolute atomic E-state index is 14.0. The van der Waals surface area contributed by atoms with Crippen LogP contribution in [0.4, 0.5) is 5.69 Å². The summed E-state index contributed by atoms with van der Waals surface area (Å²) in [6, 6.07) is 24.2. The first-order valence-electron chi connectivity index (χ1n) is 15.0. The van der Waals surface area contributed by atoms with Gasteiger partial charge < -0.3 is 10.2 Å². The second-order valence-electron chi connectivity index (χ2n) is 11.5. The SMILES string of the molecule is Cc1ccc(N(CCCC(=O)N(Cc2cccc(Br)c2)[C@H](Cc2ccccc2)C(=O)NC2CCCCC2)S(C)(=O)=O)cc1. The minimum atomic E-state index is -3.55. The lowest BCUT2D eigenvalue weighted by molar-refractivity contribution is -0.141. The predicted octanol–water partition coefficient (Wildman–Crippen LogP) is 6.39. The highest BCUT2D eigenvalue weighted by atomic mass is 79.9. The molecule has 43 heavy (non-hydrogen) atoms. The maximum Gasteiger partial charge on any atom is 0.243 e. The van der Waals surface area contributed by atoms with Crippen molar-refractivity contribution in [2.75, 3.05) is 17.1 Å². The number of anilines is 1. The fourth-order valence-electron chi connectivity index (χ4n) is 5.65. The molecule has 1 aliphatic rings. The van der Waals surface area contributed by atoms with Crippen LogP contribution in [-0.2, 0) is 32.6 Å². The van der Waals surface area contributed by atoms with Gasteiger partial charge in [0, 0.05) is 36.4 Å². The van der Waals surface area contributed by atoms with E-state index in [-0.39, 0.29) is 37.4 Å². The molecule has 1 atom stereocenters. The van der Waals surface area contributed by atoms with Gasteiger partial charge in [-0.1, -0.05) is 95.4 Å². The lowest BCUT2D eigenvalue weighted by Gasteiger charge is -2.34. The topological polar surface area (TPSA) is 86.8 Å². The molecule has 230 valence electrons. The van der Waals surface area contributed by atoms with E-state index in [1.165, 1.54) is 17.0 Å². The van der Waals surface area contributed by atoms with Crippen LogP contribution in [0.2, 0.25) is 0 Å². The van der Waals surface area contributed by atoms with E-state index in [1.54, 1.807) is 17.0 Å². The van der Waals surface area contributed by atoms with Gasteiger partial charge >= 0.3 is 0 Å². The Hall–Kier alpha value is -3.17. The molecule has 0 spiro atoms. The van der Waals surface area contributed by atoms with Crippen LogP contribution in [0.25, 0.3) is 0 Å². The van der Waals surface area contributed by atoms with Crippen molar-refractivity contribution in [2.45, 2.75) is 76.9 Å². The lowest BCUT2D eigenvalue weighted by Crippen LogP contribution is -2.52. The minimum absolute atomic E-state index is 0.105. The van der Waals surface area contributed by atoms with E-state index in [9.17, 15) is 18.0 Å². The van der Waals surface area contributed by atoms with Gasteiger partial charge in [-0.05, 0) is 61.6 Å². The van der Waals surface area contributed by atoms with Crippen molar-refractivity contribution >= 4 is 43.5 Å². The number of nitrogens with one attached hydrogen (secondary N) is 1. The molecule has 7 nitrogen and oxygen atoms in total. The van der Waals surface area contributed by atoms with Crippen LogP contribution in [-0.4, -0.2) is 50.0 Å². The number of hydrogen-bond acceptors (Lipinski definition) is 4. The molecule has 3 aromatic carbocycles. The zero-order valence-corrected chi connectivity index (χ0v) is 27.4. The second-order valence-corrected chi connectivity index (χ2v) is 14.3. The van der Waals surface area contributed by atoms with Crippen molar-refractivity contribution in [1.82, 2.24) is 10.2 Å². The molecule has 0 unspecified atom stereocenters. The number of carbonyl (C=O) groups is 2. The van der Waals surface area contributed by atoms with Crippen molar-refractivity contribution in [3.8, 4) is 0 Å². The Morgan fingerprint density at radius 2 is 1.60 bits per heavy atom. The molecule has 0 bridgehead atoms. The van der Waals surface area contributed by atoms with Gasteiger partial charge in [0.25, 0.3) is 0 Å². The molecule has 0 radical (unpaired) electrons. The Morgan fingerprint density at radius 3 is 2.26 bits per heavy atom. The highest BCUT2D eigenvalue weighted by Gasteiger charge is 2.32. The summed E-state index contributed by atoms with van der Waals surface area (Å²) in [4.78, 5) is 29.7. The number of sulfonamides is 1. The number of carbonyl (C=O) groups excluding carboxylic acids is 2. The molecule has 0 heterocycles. The van der Waals surface area contributed by atoms with E-state index in [0.29, 0.717) is 18.5 Å². The van der Waals surface area contributed by atoms with Crippen LogP contribution < -0.4 is 9.62 Å². The molecule has 4 rings (SSSR count). The summed E-state index contributed by atoms with van der Waals surface area (Å²) in [7, 11) is -3.55. The molecular weight excluding hydrogens is 626 g/mol. The van der Waals surface area contributed by atoms with Crippen molar-refractivity contribution in [3.63, 3.8) is 0 Å². The van der Waals surface area contributed by atoms with Gasteiger partial charge in [-0.15, -0.1) is 0 Å². The van der Waals surface area contributed by atoms with Gasteiger partial charge in [-0.3, -0.25) is 13.9 Å². The van der Waals surface area contributed by atoms with Crippen molar-refractivity contribution in [3.05, 3.63) is 100 Å². The van der Waals surface area contributed by atoms with Crippen molar-refractivity contribution in [2.24, 2.45) is 0 Å². The summed E-state index contributed by atoms with van der Waals surface area (Å²) in [6.07, 6.45) is 7.25. The number of aryl methyl sites for hydroxylation is 1. The number of halogens is 1. The molecule has 3 aromatic rings. The Kier molecular flexibility index (Phi) is 11.8. The van der Waals surface area contributed by atoms with Crippen molar-refractivity contribution in [1.29, 1.82) is 0 Å². The Labute approximate surface area is 264 Å². The van der Waals surface area contributed by atoms with E-state index in [0.717, 1.165) is 46.8 Å². The quantitative estimate of drug-likeness (QED) is 0.229. The highest BCUT2D eigenvalue weighted by Crippen LogP contribution is 2.23. The minimum Gasteiger partial charge on any atom is -0.352 e. The summed E-state index contributed by atoms with van der Waals surface area (Å²) < 4.78 is 27.6. The average Bonchev–Trinajstić information content (AvgIpc) is 2.98. The molecule has 1 aliphatic carbocycles. The van der Waals surface area contributed by atoms with E-state index in [1.807, 2.05) is 73.7 Å². The third-order valence-electron chi connectivity index (χ3n) is 7.94. The third-order valence-corrected chi connectivity index (χ3v) is 9.63. The van der Waals surface area contributed by atoms with E-state index >= 15 is 0 Å². The largest absolute Gasteiger partial charge is 0.352 e. The summed E-state index contributed by atoms with van der Waals surface area (Å²) >= 11 is 3.53. The standard InChI is InChI=1S/C34H42BrN3O4S/c1-26-18-20-31(21-19-26)38(43(2,41)42)22-10-17-33(39)37(25-28-13-9-14-29(35)23-28)32(24-27-11-5-3-6-12-27)34(40)36-30-15-7-4-8-16-30/h3,5-6,9,11-14,18-21,23,30,32H,4,7-8,10,15-17,22,24-25H2,1-2H3,(H,36,40)/t32-/m1/s1.